The molecule has 0 amide bonds. The molecule has 3 N–H and O–H groups in total. The van der Waals surface area contributed by atoms with Crippen LogP contribution in [0.15, 0.2) is 6.07 Å². The lowest BCUT2D eigenvalue weighted by Crippen LogP contribution is -2.25. The molecule has 0 saturated heterocycles. The zero-order valence-electron chi connectivity index (χ0n) is 7.67. The first-order chi connectivity index (χ1) is 5.77. The number of hydrogen-bond donors (Lipinski definition) is 2. The Kier molecular flexibility index (Phi) is 3.25. The van der Waals surface area contributed by atoms with E-state index in [1.54, 1.807) is 0 Å². The Labute approximate surface area is 72.7 Å². The maximum Gasteiger partial charge on any atom is 0.0624 e. The Hall–Kier alpha value is -0.870. The lowest BCUT2D eigenvalue weighted by atomic mass is 10.2. The quantitative estimate of drug-likeness (QED) is 0.491. The average Bonchev–Trinajstić information content (AvgIpc) is 2.43. The lowest BCUT2D eigenvalue weighted by molar-refractivity contribution is 0.657. The molecule has 0 atom stereocenters. The third-order valence-electron chi connectivity index (χ3n) is 1.92. The van der Waals surface area contributed by atoms with E-state index in [0.717, 1.165) is 25.1 Å². The summed E-state index contributed by atoms with van der Waals surface area (Å²) in [6, 6.07) is 2.12. The summed E-state index contributed by atoms with van der Waals surface area (Å²) in [5, 5.41) is 4.33. The molecule has 1 aromatic rings. The van der Waals surface area contributed by atoms with E-state index in [1.807, 2.05) is 11.7 Å². The van der Waals surface area contributed by atoms with Crippen molar-refractivity contribution in [1.82, 2.24) is 15.2 Å². The Morgan fingerprint density at radius 2 is 2.42 bits per heavy atom. The molecule has 0 bridgehead atoms. The van der Waals surface area contributed by atoms with Crippen LogP contribution in [0.4, 0.5) is 0 Å². The maximum atomic E-state index is 5.19. The molecule has 0 unspecified atom stereocenters. The third-order valence-corrected chi connectivity index (χ3v) is 1.92. The van der Waals surface area contributed by atoms with Gasteiger partial charge in [0, 0.05) is 25.7 Å². The molecule has 68 valence electrons. The Balaban J connectivity index is 2.64. The van der Waals surface area contributed by atoms with Gasteiger partial charge in [-0.25, -0.2) is 0 Å². The minimum absolute atomic E-state index is 0.794. The van der Waals surface area contributed by atoms with Crippen molar-refractivity contribution in [3.63, 3.8) is 0 Å². The summed E-state index contributed by atoms with van der Waals surface area (Å²) in [7, 11) is 1.96. The van der Waals surface area contributed by atoms with E-state index in [4.69, 9.17) is 5.84 Å². The van der Waals surface area contributed by atoms with Crippen molar-refractivity contribution in [2.75, 3.05) is 6.54 Å². The summed E-state index contributed by atoms with van der Waals surface area (Å²) in [6.07, 6.45) is 1.92. The van der Waals surface area contributed by atoms with Crippen LogP contribution in [0.1, 0.15) is 18.3 Å². The van der Waals surface area contributed by atoms with Gasteiger partial charge < -0.3 is 0 Å². The molecule has 12 heavy (non-hydrogen) atoms. The summed E-state index contributed by atoms with van der Waals surface area (Å²) in [4.78, 5) is 0. The first-order valence-corrected chi connectivity index (χ1v) is 4.23. The molecule has 0 aliphatic heterocycles. The number of rotatable bonds is 4. The van der Waals surface area contributed by atoms with E-state index >= 15 is 0 Å². The lowest BCUT2D eigenvalue weighted by Gasteiger charge is -1.99. The van der Waals surface area contributed by atoms with E-state index in [9.17, 15) is 0 Å². The first kappa shape index (κ1) is 9.22. The van der Waals surface area contributed by atoms with Gasteiger partial charge in [0.1, 0.15) is 0 Å². The second kappa shape index (κ2) is 4.23. The SMILES string of the molecule is CCc1cc(CCNN)n(C)n1. The highest BCUT2D eigenvalue weighted by atomic mass is 15.3. The van der Waals surface area contributed by atoms with Gasteiger partial charge in [0.25, 0.3) is 0 Å². The molecule has 1 heterocycles. The molecule has 1 aromatic heterocycles. The van der Waals surface area contributed by atoms with E-state index < -0.39 is 0 Å². The first-order valence-electron chi connectivity index (χ1n) is 4.23. The van der Waals surface area contributed by atoms with Gasteiger partial charge in [0.05, 0.1) is 5.69 Å². The van der Waals surface area contributed by atoms with Crippen molar-refractivity contribution >= 4 is 0 Å². The number of aryl methyl sites for hydroxylation is 2. The molecule has 4 heteroatoms. The number of hydrazine groups is 1. The second-order valence-electron chi connectivity index (χ2n) is 2.81. The Morgan fingerprint density at radius 1 is 1.67 bits per heavy atom. The number of nitrogens with two attached hydrogens (primary N) is 1. The average molecular weight is 168 g/mol. The zero-order chi connectivity index (χ0) is 8.97. The number of aromatic nitrogens is 2. The molecular formula is C8H16N4. The normalized spacial score (nSPS) is 10.6. The standard InChI is InChI=1S/C8H16N4/c1-3-7-6-8(4-5-10-9)12(2)11-7/h6,10H,3-5,9H2,1-2H3. The fraction of sp³-hybridized carbons (Fsp3) is 0.625. The van der Waals surface area contributed by atoms with Crippen LogP contribution >= 0.6 is 0 Å². The van der Waals surface area contributed by atoms with E-state index in [1.165, 1.54) is 5.69 Å². The summed E-state index contributed by atoms with van der Waals surface area (Å²) in [5.41, 5.74) is 5.00. The molecule has 4 nitrogen and oxygen atoms in total. The van der Waals surface area contributed by atoms with Crippen molar-refractivity contribution in [1.29, 1.82) is 0 Å². The van der Waals surface area contributed by atoms with Crippen LogP contribution in [0, 0.1) is 0 Å². The van der Waals surface area contributed by atoms with Gasteiger partial charge >= 0.3 is 0 Å². The fourth-order valence-electron chi connectivity index (χ4n) is 1.18. The highest BCUT2D eigenvalue weighted by Gasteiger charge is 2.01. The van der Waals surface area contributed by atoms with Crippen LogP contribution in [0.5, 0.6) is 0 Å². The molecule has 0 aliphatic rings. The van der Waals surface area contributed by atoms with Crippen molar-refractivity contribution in [2.24, 2.45) is 12.9 Å². The van der Waals surface area contributed by atoms with Crippen molar-refractivity contribution in [3.8, 4) is 0 Å². The van der Waals surface area contributed by atoms with E-state index in [0.29, 0.717) is 0 Å². The molecule has 0 fully saturated rings. The van der Waals surface area contributed by atoms with Crippen LogP contribution in [0.25, 0.3) is 0 Å². The van der Waals surface area contributed by atoms with E-state index in [2.05, 4.69) is 23.5 Å². The van der Waals surface area contributed by atoms with Crippen LogP contribution in [0.2, 0.25) is 0 Å². The smallest absolute Gasteiger partial charge is 0.0624 e. The van der Waals surface area contributed by atoms with Crippen molar-refractivity contribution < 1.29 is 0 Å². The van der Waals surface area contributed by atoms with Crippen LogP contribution in [0.3, 0.4) is 0 Å². The largest absolute Gasteiger partial charge is 0.272 e. The summed E-state index contributed by atoms with van der Waals surface area (Å²) < 4.78 is 1.91. The minimum atomic E-state index is 0.794. The number of hydrogen-bond acceptors (Lipinski definition) is 3. The fourth-order valence-corrected chi connectivity index (χ4v) is 1.18. The van der Waals surface area contributed by atoms with Crippen LogP contribution in [-0.4, -0.2) is 16.3 Å². The van der Waals surface area contributed by atoms with Gasteiger partial charge in [-0.2, -0.15) is 5.10 Å². The molecule has 0 aromatic carbocycles. The molecule has 0 spiro atoms. The Bertz CT molecular complexity index is 241. The Morgan fingerprint density at radius 3 is 2.92 bits per heavy atom. The second-order valence-corrected chi connectivity index (χ2v) is 2.81. The van der Waals surface area contributed by atoms with Gasteiger partial charge in [-0.05, 0) is 12.5 Å². The van der Waals surface area contributed by atoms with Gasteiger partial charge in [-0.1, -0.05) is 6.92 Å². The van der Waals surface area contributed by atoms with Gasteiger partial charge in [-0.3, -0.25) is 16.0 Å². The third kappa shape index (κ3) is 2.06. The summed E-state index contributed by atoms with van der Waals surface area (Å²) >= 11 is 0. The topological polar surface area (TPSA) is 55.9 Å². The highest BCUT2D eigenvalue weighted by Crippen LogP contribution is 2.03. The zero-order valence-corrected chi connectivity index (χ0v) is 7.67. The van der Waals surface area contributed by atoms with Gasteiger partial charge in [-0.15, -0.1) is 0 Å². The van der Waals surface area contributed by atoms with Gasteiger partial charge in [0.15, 0.2) is 0 Å². The van der Waals surface area contributed by atoms with Gasteiger partial charge in [0.2, 0.25) is 0 Å². The monoisotopic (exact) mass is 168 g/mol. The molecule has 0 aliphatic carbocycles. The number of nitrogens with zero attached hydrogens (tertiary/aromatic N) is 2. The molecule has 0 saturated carbocycles. The highest BCUT2D eigenvalue weighted by molar-refractivity contribution is 5.10. The summed E-state index contributed by atoms with van der Waals surface area (Å²) in [6.45, 7) is 2.90. The van der Waals surface area contributed by atoms with Crippen molar-refractivity contribution in [2.45, 2.75) is 19.8 Å². The minimum Gasteiger partial charge on any atom is -0.272 e. The maximum absolute atomic E-state index is 5.19. The van der Waals surface area contributed by atoms with Crippen LogP contribution < -0.4 is 11.3 Å². The molecular weight excluding hydrogens is 152 g/mol. The predicted molar refractivity (Wildman–Crippen MR) is 48.5 cm³/mol. The van der Waals surface area contributed by atoms with Crippen molar-refractivity contribution in [3.05, 3.63) is 17.5 Å². The molecule has 1 rings (SSSR count). The molecule has 0 radical (unpaired) electrons. The van der Waals surface area contributed by atoms with E-state index in [-0.39, 0.29) is 0 Å². The summed E-state index contributed by atoms with van der Waals surface area (Å²) in [5.74, 6) is 5.19. The van der Waals surface area contributed by atoms with Crippen LogP contribution in [-0.2, 0) is 19.9 Å². The number of nitrogens with one attached hydrogen (secondary N) is 1. The predicted octanol–water partition coefficient (Wildman–Crippen LogP) is -0.0117.